The van der Waals surface area contributed by atoms with Crippen LogP contribution in [0.2, 0.25) is 0 Å². The topological polar surface area (TPSA) is 41.1 Å². The fourth-order valence-corrected chi connectivity index (χ4v) is 2.66. The van der Waals surface area contributed by atoms with Crippen LogP contribution in [0.5, 0.6) is 0 Å². The number of rotatable bonds is 6. The summed E-state index contributed by atoms with van der Waals surface area (Å²) in [4.78, 5) is 13.0. The molecule has 0 aliphatic heterocycles. The molecule has 0 spiro atoms. The largest absolute Gasteiger partial charge is 0.322 e. The first-order valence-corrected chi connectivity index (χ1v) is 7.33. The van der Waals surface area contributed by atoms with E-state index in [0.717, 1.165) is 6.42 Å². The van der Waals surface area contributed by atoms with Crippen molar-refractivity contribution in [3.63, 3.8) is 0 Å². The minimum Gasteiger partial charge on any atom is -0.322 e. The zero-order valence-corrected chi connectivity index (χ0v) is 12.0. The minimum atomic E-state index is -0.424. The zero-order valence-electron chi connectivity index (χ0n) is 11.2. The molecule has 1 aromatic carbocycles. The van der Waals surface area contributed by atoms with E-state index in [1.54, 1.807) is 29.5 Å². The van der Waals surface area contributed by atoms with Gasteiger partial charge in [-0.15, -0.1) is 11.3 Å². The summed E-state index contributed by atoms with van der Waals surface area (Å²) in [6, 6.07) is 10.4. The van der Waals surface area contributed by atoms with E-state index >= 15 is 0 Å². The molecule has 0 fully saturated rings. The normalized spacial score (nSPS) is 12.1. The first kappa shape index (κ1) is 14.7. The Morgan fingerprint density at radius 3 is 2.80 bits per heavy atom. The lowest BCUT2D eigenvalue weighted by atomic mass is 10.2. The number of benzene rings is 1. The van der Waals surface area contributed by atoms with Crippen LogP contribution in [0.1, 0.15) is 11.8 Å². The number of anilines is 1. The Morgan fingerprint density at radius 1 is 1.30 bits per heavy atom. The summed E-state index contributed by atoms with van der Waals surface area (Å²) in [5.41, 5.74) is 0.213. The Hall–Kier alpha value is -1.72. The lowest BCUT2D eigenvalue weighted by Crippen LogP contribution is -2.35. The Balaban J connectivity index is 1.76. The molecule has 20 heavy (non-hydrogen) atoms. The zero-order chi connectivity index (χ0) is 14.4. The van der Waals surface area contributed by atoms with Gasteiger partial charge in [0.2, 0.25) is 5.91 Å². The van der Waals surface area contributed by atoms with Gasteiger partial charge in [-0.3, -0.25) is 4.79 Å². The van der Waals surface area contributed by atoms with E-state index in [1.807, 2.05) is 18.4 Å². The molecule has 3 nitrogen and oxygen atoms in total. The number of hydrogen-bond donors (Lipinski definition) is 2. The molecule has 2 rings (SSSR count). The Bertz CT molecular complexity index is 557. The van der Waals surface area contributed by atoms with Crippen molar-refractivity contribution >= 4 is 22.9 Å². The molecular formula is C15H17FN2OS. The van der Waals surface area contributed by atoms with Gasteiger partial charge in [-0.25, -0.2) is 4.39 Å². The van der Waals surface area contributed by atoms with E-state index in [4.69, 9.17) is 0 Å². The van der Waals surface area contributed by atoms with Crippen molar-refractivity contribution in [3.05, 3.63) is 52.5 Å². The predicted octanol–water partition coefficient (Wildman–Crippen LogP) is 3.05. The number of thiophene rings is 1. The summed E-state index contributed by atoms with van der Waals surface area (Å²) in [7, 11) is 0. The number of hydrogen-bond acceptors (Lipinski definition) is 3. The maximum Gasteiger partial charge on any atom is 0.238 e. The quantitative estimate of drug-likeness (QED) is 0.859. The maximum absolute atomic E-state index is 13.4. The molecule has 1 heterocycles. The molecule has 106 valence electrons. The Kier molecular flexibility index (Phi) is 5.26. The van der Waals surface area contributed by atoms with E-state index in [2.05, 4.69) is 16.7 Å². The SMILES string of the molecule is CC(Cc1cccs1)NCC(=O)Nc1ccccc1F. The number of carbonyl (C=O) groups is 1. The van der Waals surface area contributed by atoms with E-state index in [9.17, 15) is 9.18 Å². The number of carbonyl (C=O) groups excluding carboxylic acids is 1. The second kappa shape index (κ2) is 7.17. The molecule has 1 aromatic heterocycles. The molecule has 0 aliphatic carbocycles. The molecule has 2 N–H and O–H groups in total. The monoisotopic (exact) mass is 292 g/mol. The van der Waals surface area contributed by atoms with Crippen LogP contribution in [0.4, 0.5) is 10.1 Å². The van der Waals surface area contributed by atoms with Gasteiger partial charge in [0.15, 0.2) is 0 Å². The van der Waals surface area contributed by atoms with Crippen LogP contribution in [-0.4, -0.2) is 18.5 Å². The molecule has 2 aromatic rings. The number of amides is 1. The summed E-state index contributed by atoms with van der Waals surface area (Å²) >= 11 is 1.70. The highest BCUT2D eigenvalue weighted by atomic mass is 32.1. The molecule has 1 amide bonds. The molecule has 1 unspecified atom stereocenters. The Morgan fingerprint density at radius 2 is 2.10 bits per heavy atom. The van der Waals surface area contributed by atoms with Gasteiger partial charge < -0.3 is 10.6 Å². The minimum absolute atomic E-state index is 0.168. The summed E-state index contributed by atoms with van der Waals surface area (Å²) < 4.78 is 13.4. The van der Waals surface area contributed by atoms with Gasteiger partial charge in [0.1, 0.15) is 5.82 Å². The van der Waals surface area contributed by atoms with Gasteiger partial charge >= 0.3 is 0 Å². The standard InChI is InChI=1S/C15H17FN2OS/c1-11(9-12-5-4-8-20-12)17-10-15(19)18-14-7-3-2-6-13(14)16/h2-8,11,17H,9-10H2,1H3,(H,18,19). The summed E-state index contributed by atoms with van der Waals surface area (Å²) in [5.74, 6) is -0.666. The third-order valence-corrected chi connectivity index (χ3v) is 3.75. The van der Waals surface area contributed by atoms with Crippen molar-refractivity contribution in [2.75, 3.05) is 11.9 Å². The van der Waals surface area contributed by atoms with Gasteiger partial charge in [0.05, 0.1) is 12.2 Å². The van der Waals surface area contributed by atoms with Crippen molar-refractivity contribution in [1.82, 2.24) is 5.32 Å². The van der Waals surface area contributed by atoms with E-state index in [0.29, 0.717) is 0 Å². The highest BCUT2D eigenvalue weighted by molar-refractivity contribution is 7.09. The van der Waals surface area contributed by atoms with Crippen molar-refractivity contribution in [2.24, 2.45) is 0 Å². The summed E-state index contributed by atoms with van der Waals surface area (Å²) in [6.07, 6.45) is 0.880. The van der Waals surface area contributed by atoms with Crippen molar-refractivity contribution in [1.29, 1.82) is 0 Å². The third-order valence-electron chi connectivity index (χ3n) is 2.85. The smallest absolute Gasteiger partial charge is 0.238 e. The highest BCUT2D eigenvalue weighted by Crippen LogP contribution is 2.12. The molecule has 0 saturated heterocycles. The van der Waals surface area contributed by atoms with Gasteiger partial charge in [0.25, 0.3) is 0 Å². The van der Waals surface area contributed by atoms with Crippen LogP contribution in [0.25, 0.3) is 0 Å². The molecule has 5 heteroatoms. The van der Waals surface area contributed by atoms with E-state index in [1.165, 1.54) is 10.9 Å². The third kappa shape index (κ3) is 4.43. The Labute approximate surface area is 121 Å². The summed E-state index contributed by atoms with van der Waals surface area (Å²) in [6.45, 7) is 2.19. The maximum atomic E-state index is 13.4. The van der Waals surface area contributed by atoms with Crippen molar-refractivity contribution in [3.8, 4) is 0 Å². The van der Waals surface area contributed by atoms with Gasteiger partial charge in [-0.1, -0.05) is 18.2 Å². The van der Waals surface area contributed by atoms with Crippen LogP contribution in [0.3, 0.4) is 0 Å². The van der Waals surface area contributed by atoms with Crippen LogP contribution < -0.4 is 10.6 Å². The lowest BCUT2D eigenvalue weighted by molar-refractivity contribution is -0.115. The van der Waals surface area contributed by atoms with Crippen molar-refractivity contribution in [2.45, 2.75) is 19.4 Å². The molecule has 0 radical (unpaired) electrons. The average molecular weight is 292 g/mol. The van der Waals surface area contributed by atoms with Crippen LogP contribution in [-0.2, 0) is 11.2 Å². The van der Waals surface area contributed by atoms with Crippen LogP contribution in [0, 0.1) is 5.82 Å². The molecule has 0 aliphatic rings. The fourth-order valence-electron chi connectivity index (χ4n) is 1.83. The highest BCUT2D eigenvalue weighted by Gasteiger charge is 2.09. The van der Waals surface area contributed by atoms with Crippen molar-refractivity contribution < 1.29 is 9.18 Å². The van der Waals surface area contributed by atoms with Crippen LogP contribution in [0.15, 0.2) is 41.8 Å². The lowest BCUT2D eigenvalue weighted by Gasteiger charge is -2.13. The van der Waals surface area contributed by atoms with Crippen LogP contribution >= 0.6 is 11.3 Å². The molecular weight excluding hydrogens is 275 g/mol. The fraction of sp³-hybridized carbons (Fsp3) is 0.267. The molecule has 0 saturated carbocycles. The first-order valence-electron chi connectivity index (χ1n) is 6.45. The predicted molar refractivity (Wildman–Crippen MR) is 80.5 cm³/mol. The molecule has 1 atom stereocenters. The van der Waals surface area contributed by atoms with Gasteiger partial charge in [-0.05, 0) is 36.9 Å². The molecule has 0 bridgehead atoms. The second-order valence-electron chi connectivity index (χ2n) is 4.59. The number of para-hydroxylation sites is 1. The first-order chi connectivity index (χ1) is 9.65. The second-order valence-corrected chi connectivity index (χ2v) is 5.63. The number of nitrogens with one attached hydrogen (secondary N) is 2. The number of halogens is 1. The van der Waals surface area contributed by atoms with Gasteiger partial charge in [-0.2, -0.15) is 0 Å². The van der Waals surface area contributed by atoms with E-state index in [-0.39, 0.29) is 24.2 Å². The van der Waals surface area contributed by atoms with E-state index < -0.39 is 5.82 Å². The summed E-state index contributed by atoms with van der Waals surface area (Å²) in [5, 5.41) is 7.72. The average Bonchev–Trinajstić information content (AvgIpc) is 2.92. The van der Waals surface area contributed by atoms with Gasteiger partial charge in [0, 0.05) is 10.9 Å².